The summed E-state index contributed by atoms with van der Waals surface area (Å²) in [7, 11) is -5.44. The predicted octanol–water partition coefficient (Wildman–Crippen LogP) is 0.995. The molecule has 0 spiro atoms. The summed E-state index contributed by atoms with van der Waals surface area (Å²) in [6.45, 7) is 0.224. The lowest BCUT2D eigenvalue weighted by Gasteiger charge is -2.22. The Morgan fingerprint density at radius 2 is 2.00 bits per heavy atom. The number of halogens is 3. The monoisotopic (exact) mass is 247 g/mol. The van der Waals surface area contributed by atoms with Crippen LogP contribution in [0.2, 0.25) is 0 Å². The van der Waals surface area contributed by atoms with E-state index in [0.717, 1.165) is 12.8 Å². The zero-order valence-electron chi connectivity index (χ0n) is 7.88. The van der Waals surface area contributed by atoms with E-state index in [-0.39, 0.29) is 6.04 Å². The first kappa shape index (κ1) is 12.7. The van der Waals surface area contributed by atoms with E-state index in [1.54, 1.807) is 0 Å². The largest absolute Gasteiger partial charge is 0.523 e. The Morgan fingerprint density at radius 3 is 2.47 bits per heavy atom. The van der Waals surface area contributed by atoms with E-state index in [0.29, 0.717) is 13.0 Å². The molecule has 1 heterocycles. The minimum absolute atomic E-state index is 0.309. The molecule has 0 unspecified atom stereocenters. The third kappa shape index (κ3) is 3.62. The summed E-state index contributed by atoms with van der Waals surface area (Å²) in [6, 6.07) is -0.309. The molecule has 0 aromatic heterocycles. The summed E-state index contributed by atoms with van der Waals surface area (Å²) in [4.78, 5) is 0. The van der Waals surface area contributed by atoms with Crippen molar-refractivity contribution in [2.75, 3.05) is 13.2 Å². The molecule has 4 nitrogen and oxygen atoms in total. The maximum Gasteiger partial charge on any atom is 0.523 e. The summed E-state index contributed by atoms with van der Waals surface area (Å²) in [5.74, 6) is 0. The van der Waals surface area contributed by atoms with Crippen LogP contribution in [0.4, 0.5) is 13.2 Å². The van der Waals surface area contributed by atoms with Crippen LogP contribution in [0.15, 0.2) is 0 Å². The van der Waals surface area contributed by atoms with E-state index in [1.807, 2.05) is 0 Å². The van der Waals surface area contributed by atoms with Gasteiger partial charge in [-0.05, 0) is 19.4 Å². The first-order chi connectivity index (χ1) is 6.83. The van der Waals surface area contributed by atoms with Gasteiger partial charge in [-0.25, -0.2) is 0 Å². The topological polar surface area (TPSA) is 55.4 Å². The Bertz CT molecular complexity index is 295. The van der Waals surface area contributed by atoms with Gasteiger partial charge in [0.1, 0.15) is 0 Å². The summed E-state index contributed by atoms with van der Waals surface area (Å²) in [6.07, 6.45) is 2.45. The number of piperidine rings is 1. The lowest BCUT2D eigenvalue weighted by atomic mass is 10.1. The molecule has 0 radical (unpaired) electrons. The molecule has 1 atom stereocenters. The van der Waals surface area contributed by atoms with E-state index in [2.05, 4.69) is 9.50 Å². The van der Waals surface area contributed by atoms with E-state index in [9.17, 15) is 21.6 Å². The zero-order valence-corrected chi connectivity index (χ0v) is 8.70. The van der Waals surface area contributed by atoms with Gasteiger partial charge in [0.05, 0.1) is 6.61 Å². The molecule has 1 fully saturated rings. The van der Waals surface area contributed by atoms with Crippen molar-refractivity contribution in [2.24, 2.45) is 0 Å². The van der Waals surface area contributed by atoms with Gasteiger partial charge >= 0.3 is 15.6 Å². The normalized spacial score (nSPS) is 24.1. The van der Waals surface area contributed by atoms with Crippen LogP contribution in [0.5, 0.6) is 0 Å². The lowest BCUT2D eigenvalue weighted by molar-refractivity contribution is -0.0547. The van der Waals surface area contributed by atoms with E-state index in [1.165, 1.54) is 0 Å². The third-order valence-corrected chi connectivity index (χ3v) is 3.13. The van der Waals surface area contributed by atoms with Gasteiger partial charge in [-0.1, -0.05) is 6.42 Å². The van der Waals surface area contributed by atoms with Gasteiger partial charge in [-0.15, -0.1) is 0 Å². The smallest absolute Gasteiger partial charge is 0.312 e. The molecule has 0 aromatic carbocycles. The highest BCUT2D eigenvalue weighted by Crippen LogP contribution is 2.25. The van der Waals surface area contributed by atoms with Gasteiger partial charge in [0.2, 0.25) is 0 Å². The molecular formula is C7H12F3NO3S. The number of hydrogen-bond acceptors (Lipinski definition) is 4. The molecule has 90 valence electrons. The van der Waals surface area contributed by atoms with Crippen LogP contribution >= 0.6 is 0 Å². The fourth-order valence-corrected chi connectivity index (χ4v) is 1.78. The molecule has 15 heavy (non-hydrogen) atoms. The maximum absolute atomic E-state index is 11.9. The molecule has 1 N–H and O–H groups in total. The molecule has 1 aliphatic rings. The van der Waals surface area contributed by atoms with Gasteiger partial charge in [0.25, 0.3) is 0 Å². The maximum atomic E-state index is 11.9. The highest BCUT2D eigenvalue weighted by molar-refractivity contribution is 7.87. The number of alkyl halides is 3. The van der Waals surface area contributed by atoms with E-state index in [4.69, 9.17) is 0 Å². The lowest BCUT2D eigenvalue weighted by Crippen LogP contribution is -2.39. The van der Waals surface area contributed by atoms with Crippen molar-refractivity contribution in [3.8, 4) is 0 Å². The minimum Gasteiger partial charge on any atom is -0.312 e. The van der Waals surface area contributed by atoms with Crippen molar-refractivity contribution in [2.45, 2.75) is 30.8 Å². The second-order valence-electron chi connectivity index (χ2n) is 3.33. The summed E-state index contributed by atoms with van der Waals surface area (Å²) in [5.41, 5.74) is -5.33. The van der Waals surface area contributed by atoms with Crippen molar-refractivity contribution in [1.29, 1.82) is 0 Å². The van der Waals surface area contributed by atoms with E-state index < -0.39 is 22.2 Å². The molecule has 0 bridgehead atoms. The molecule has 0 aliphatic carbocycles. The predicted molar refractivity (Wildman–Crippen MR) is 46.6 cm³/mol. The van der Waals surface area contributed by atoms with Crippen LogP contribution in [0.3, 0.4) is 0 Å². The van der Waals surface area contributed by atoms with Crippen LogP contribution in [0, 0.1) is 0 Å². The Morgan fingerprint density at radius 1 is 1.33 bits per heavy atom. The molecule has 8 heteroatoms. The van der Waals surface area contributed by atoms with Crippen molar-refractivity contribution < 1.29 is 25.8 Å². The van der Waals surface area contributed by atoms with Crippen molar-refractivity contribution in [1.82, 2.24) is 5.32 Å². The number of rotatable bonds is 3. The van der Waals surface area contributed by atoms with Crippen molar-refractivity contribution in [3.05, 3.63) is 0 Å². The van der Waals surface area contributed by atoms with Crippen LogP contribution < -0.4 is 5.32 Å². The summed E-state index contributed by atoms with van der Waals surface area (Å²) in [5, 5.41) is 2.89. The number of nitrogens with one attached hydrogen (secondary N) is 1. The molecule has 0 aromatic rings. The van der Waals surface area contributed by atoms with Gasteiger partial charge in [-0.2, -0.15) is 21.6 Å². The van der Waals surface area contributed by atoms with Crippen molar-refractivity contribution in [3.63, 3.8) is 0 Å². The molecule has 1 saturated heterocycles. The van der Waals surface area contributed by atoms with Crippen LogP contribution in [0.1, 0.15) is 19.3 Å². The van der Waals surface area contributed by atoms with Gasteiger partial charge < -0.3 is 5.32 Å². The van der Waals surface area contributed by atoms with Crippen LogP contribution in [-0.2, 0) is 14.3 Å². The van der Waals surface area contributed by atoms with Crippen LogP contribution in [0.25, 0.3) is 0 Å². The fraction of sp³-hybridized carbons (Fsp3) is 1.00. The Labute approximate surface area is 85.9 Å². The molecular weight excluding hydrogens is 235 g/mol. The highest BCUT2D eigenvalue weighted by atomic mass is 32.2. The molecule has 0 saturated carbocycles. The summed E-state index contributed by atoms with van der Waals surface area (Å²) >= 11 is 0. The third-order valence-electron chi connectivity index (χ3n) is 2.12. The fourth-order valence-electron chi connectivity index (χ4n) is 1.30. The second kappa shape index (κ2) is 4.67. The second-order valence-corrected chi connectivity index (χ2v) is 4.94. The first-order valence-electron chi connectivity index (χ1n) is 4.52. The SMILES string of the molecule is O=S(=O)(OC[C@H]1CCCCN1)C(F)(F)F. The summed E-state index contributed by atoms with van der Waals surface area (Å²) < 4.78 is 60.5. The zero-order chi connectivity index (χ0) is 11.5. The van der Waals surface area contributed by atoms with Gasteiger partial charge in [-0.3, -0.25) is 4.18 Å². The average Bonchev–Trinajstić information content (AvgIpc) is 2.15. The van der Waals surface area contributed by atoms with Crippen LogP contribution in [-0.4, -0.2) is 33.1 Å². The van der Waals surface area contributed by atoms with Gasteiger partial charge in [0.15, 0.2) is 0 Å². The van der Waals surface area contributed by atoms with Crippen molar-refractivity contribution >= 4 is 10.1 Å². The highest BCUT2D eigenvalue weighted by Gasteiger charge is 2.47. The minimum atomic E-state index is -5.44. The Hall–Kier alpha value is -0.340. The molecule has 1 aliphatic heterocycles. The Balaban J connectivity index is 2.42. The average molecular weight is 247 g/mol. The first-order valence-corrected chi connectivity index (χ1v) is 5.93. The quantitative estimate of drug-likeness (QED) is 0.597. The Kier molecular flexibility index (Phi) is 3.96. The standard InChI is InChI=1S/C7H12F3NO3S/c8-7(9,10)15(12,13)14-5-6-3-1-2-4-11-6/h6,11H,1-5H2/t6-/m1/s1. The van der Waals surface area contributed by atoms with E-state index >= 15 is 0 Å². The molecule has 1 rings (SSSR count). The number of hydrogen-bond donors (Lipinski definition) is 1. The van der Waals surface area contributed by atoms with Gasteiger partial charge in [0, 0.05) is 6.04 Å². The molecule has 0 amide bonds.